The lowest BCUT2D eigenvalue weighted by Crippen LogP contribution is -2.41. The Morgan fingerprint density at radius 2 is 1.77 bits per heavy atom. The standard InChI is InChI=1S/C18H29N3O/c1-4-14(2)19-18(22)15(3)20-16-8-10-17(11-9-16)21-12-6-5-7-13-21/h8-11,14-15,20H,4-7,12-13H2,1-3H3,(H,19,22). The fraction of sp³-hybridized carbons (Fsp3) is 0.611. The minimum Gasteiger partial charge on any atom is -0.374 e. The second kappa shape index (κ2) is 8.06. The maximum absolute atomic E-state index is 12.0. The molecule has 1 aromatic rings. The molecule has 1 saturated heterocycles. The number of carbonyl (C=O) groups is 1. The van der Waals surface area contributed by atoms with Gasteiger partial charge in [0.25, 0.3) is 0 Å². The zero-order valence-corrected chi connectivity index (χ0v) is 14.1. The van der Waals surface area contributed by atoms with Gasteiger partial charge in [0.1, 0.15) is 6.04 Å². The maximum Gasteiger partial charge on any atom is 0.242 e. The monoisotopic (exact) mass is 303 g/mol. The van der Waals surface area contributed by atoms with E-state index in [1.54, 1.807) is 0 Å². The second-order valence-electron chi connectivity index (χ2n) is 6.28. The van der Waals surface area contributed by atoms with Crippen LogP contribution in [0.5, 0.6) is 0 Å². The number of carbonyl (C=O) groups excluding carboxylic acids is 1. The zero-order valence-electron chi connectivity index (χ0n) is 14.1. The van der Waals surface area contributed by atoms with Crippen molar-refractivity contribution in [3.8, 4) is 0 Å². The Hall–Kier alpha value is -1.71. The van der Waals surface area contributed by atoms with E-state index in [1.807, 2.05) is 13.8 Å². The summed E-state index contributed by atoms with van der Waals surface area (Å²) < 4.78 is 0. The molecule has 0 bridgehead atoms. The fourth-order valence-electron chi connectivity index (χ4n) is 2.71. The van der Waals surface area contributed by atoms with Gasteiger partial charge in [-0.3, -0.25) is 4.79 Å². The van der Waals surface area contributed by atoms with Crippen molar-refractivity contribution in [3.05, 3.63) is 24.3 Å². The Labute approximate surface area is 134 Å². The minimum absolute atomic E-state index is 0.0504. The number of nitrogens with one attached hydrogen (secondary N) is 2. The molecule has 1 aliphatic heterocycles. The van der Waals surface area contributed by atoms with Crippen LogP contribution in [-0.2, 0) is 4.79 Å². The predicted octanol–water partition coefficient (Wildman–Crippen LogP) is 3.39. The molecule has 0 spiro atoms. The van der Waals surface area contributed by atoms with Crippen LogP contribution in [0.1, 0.15) is 46.5 Å². The van der Waals surface area contributed by atoms with Gasteiger partial charge < -0.3 is 15.5 Å². The van der Waals surface area contributed by atoms with Crippen molar-refractivity contribution in [2.45, 2.75) is 58.5 Å². The summed E-state index contributed by atoms with van der Waals surface area (Å²) in [6, 6.07) is 8.42. The van der Waals surface area contributed by atoms with Crippen LogP contribution in [0.3, 0.4) is 0 Å². The SMILES string of the molecule is CCC(C)NC(=O)C(C)Nc1ccc(N2CCCCC2)cc1. The number of hydrogen-bond donors (Lipinski definition) is 2. The molecule has 1 aromatic carbocycles. The molecule has 1 amide bonds. The van der Waals surface area contributed by atoms with Crippen molar-refractivity contribution in [3.63, 3.8) is 0 Å². The lowest BCUT2D eigenvalue weighted by atomic mass is 10.1. The number of hydrogen-bond acceptors (Lipinski definition) is 3. The van der Waals surface area contributed by atoms with Gasteiger partial charge in [0.15, 0.2) is 0 Å². The number of amides is 1. The molecule has 0 aliphatic carbocycles. The van der Waals surface area contributed by atoms with E-state index in [9.17, 15) is 4.79 Å². The van der Waals surface area contributed by atoms with Crippen LogP contribution >= 0.6 is 0 Å². The summed E-state index contributed by atoms with van der Waals surface area (Å²) in [7, 11) is 0. The molecule has 1 fully saturated rings. The molecule has 4 nitrogen and oxygen atoms in total. The van der Waals surface area contributed by atoms with Crippen molar-refractivity contribution < 1.29 is 4.79 Å². The topological polar surface area (TPSA) is 44.4 Å². The molecule has 22 heavy (non-hydrogen) atoms. The summed E-state index contributed by atoms with van der Waals surface area (Å²) in [5, 5.41) is 6.27. The van der Waals surface area contributed by atoms with Crippen LogP contribution in [0.25, 0.3) is 0 Å². The van der Waals surface area contributed by atoms with Crippen LogP contribution in [0.4, 0.5) is 11.4 Å². The van der Waals surface area contributed by atoms with Gasteiger partial charge in [-0.15, -0.1) is 0 Å². The highest BCUT2D eigenvalue weighted by Crippen LogP contribution is 2.22. The Kier molecular flexibility index (Phi) is 6.10. The van der Waals surface area contributed by atoms with Gasteiger partial charge in [-0.05, 0) is 63.8 Å². The van der Waals surface area contributed by atoms with Crippen LogP contribution in [0, 0.1) is 0 Å². The molecular formula is C18H29N3O. The second-order valence-corrected chi connectivity index (χ2v) is 6.28. The zero-order chi connectivity index (χ0) is 15.9. The molecule has 2 N–H and O–H groups in total. The summed E-state index contributed by atoms with van der Waals surface area (Å²) in [6.45, 7) is 8.30. The third-order valence-electron chi connectivity index (χ3n) is 4.37. The molecular weight excluding hydrogens is 274 g/mol. The van der Waals surface area contributed by atoms with E-state index in [2.05, 4.69) is 46.7 Å². The minimum atomic E-state index is -0.227. The number of nitrogens with zero attached hydrogens (tertiary/aromatic N) is 1. The molecule has 1 heterocycles. The van der Waals surface area contributed by atoms with E-state index in [0.29, 0.717) is 0 Å². The maximum atomic E-state index is 12.0. The average Bonchev–Trinajstić information content (AvgIpc) is 2.56. The summed E-state index contributed by atoms with van der Waals surface area (Å²) in [5.41, 5.74) is 2.27. The molecule has 2 atom stereocenters. The number of piperidine rings is 1. The highest BCUT2D eigenvalue weighted by atomic mass is 16.2. The van der Waals surface area contributed by atoms with Gasteiger partial charge >= 0.3 is 0 Å². The summed E-state index contributed by atoms with van der Waals surface area (Å²) >= 11 is 0. The molecule has 4 heteroatoms. The van der Waals surface area contributed by atoms with Gasteiger partial charge in [0, 0.05) is 30.5 Å². The first-order valence-corrected chi connectivity index (χ1v) is 8.52. The quantitative estimate of drug-likeness (QED) is 0.846. The smallest absolute Gasteiger partial charge is 0.242 e. The lowest BCUT2D eigenvalue weighted by Gasteiger charge is -2.29. The van der Waals surface area contributed by atoms with Crippen molar-refractivity contribution in [1.82, 2.24) is 5.32 Å². The van der Waals surface area contributed by atoms with Crippen molar-refractivity contribution >= 4 is 17.3 Å². The van der Waals surface area contributed by atoms with E-state index < -0.39 is 0 Å². The van der Waals surface area contributed by atoms with Crippen molar-refractivity contribution in [2.24, 2.45) is 0 Å². The third-order valence-corrected chi connectivity index (χ3v) is 4.37. The molecule has 2 rings (SSSR count). The van der Waals surface area contributed by atoms with Crippen LogP contribution in [0.2, 0.25) is 0 Å². The molecule has 0 radical (unpaired) electrons. The predicted molar refractivity (Wildman–Crippen MR) is 93.5 cm³/mol. The highest BCUT2D eigenvalue weighted by molar-refractivity contribution is 5.84. The summed E-state index contributed by atoms with van der Waals surface area (Å²) in [6.07, 6.45) is 4.86. The lowest BCUT2D eigenvalue weighted by molar-refractivity contribution is -0.122. The van der Waals surface area contributed by atoms with Gasteiger partial charge in [-0.1, -0.05) is 6.92 Å². The van der Waals surface area contributed by atoms with Gasteiger partial charge in [0.05, 0.1) is 0 Å². The van der Waals surface area contributed by atoms with E-state index in [0.717, 1.165) is 25.2 Å². The number of anilines is 2. The van der Waals surface area contributed by atoms with Crippen LogP contribution in [-0.4, -0.2) is 31.1 Å². The van der Waals surface area contributed by atoms with Gasteiger partial charge in [-0.25, -0.2) is 0 Å². The molecule has 2 unspecified atom stereocenters. The first kappa shape index (κ1) is 16.7. The van der Waals surface area contributed by atoms with Gasteiger partial charge in [0.2, 0.25) is 5.91 Å². The Balaban J connectivity index is 1.88. The molecule has 0 aromatic heterocycles. The van der Waals surface area contributed by atoms with Gasteiger partial charge in [-0.2, -0.15) is 0 Å². The summed E-state index contributed by atoms with van der Waals surface area (Å²) in [4.78, 5) is 14.5. The van der Waals surface area contributed by atoms with Crippen molar-refractivity contribution in [2.75, 3.05) is 23.3 Å². The Morgan fingerprint density at radius 1 is 1.14 bits per heavy atom. The molecule has 122 valence electrons. The van der Waals surface area contributed by atoms with E-state index >= 15 is 0 Å². The first-order valence-electron chi connectivity index (χ1n) is 8.52. The van der Waals surface area contributed by atoms with E-state index in [-0.39, 0.29) is 18.0 Å². The van der Waals surface area contributed by atoms with Crippen molar-refractivity contribution in [1.29, 1.82) is 0 Å². The Bertz CT molecular complexity index is 466. The van der Waals surface area contributed by atoms with Crippen LogP contribution in [0.15, 0.2) is 24.3 Å². The first-order chi connectivity index (χ1) is 10.6. The number of rotatable bonds is 6. The largest absolute Gasteiger partial charge is 0.374 e. The average molecular weight is 303 g/mol. The summed E-state index contributed by atoms with van der Waals surface area (Å²) in [5.74, 6) is 0.0504. The van der Waals surface area contributed by atoms with Crippen LogP contribution < -0.4 is 15.5 Å². The molecule has 0 saturated carbocycles. The van der Waals surface area contributed by atoms with E-state index in [1.165, 1.54) is 24.9 Å². The number of benzene rings is 1. The highest BCUT2D eigenvalue weighted by Gasteiger charge is 2.15. The third kappa shape index (κ3) is 4.65. The Morgan fingerprint density at radius 3 is 2.36 bits per heavy atom. The normalized spacial score (nSPS) is 17.7. The fourth-order valence-corrected chi connectivity index (χ4v) is 2.71. The van der Waals surface area contributed by atoms with E-state index in [4.69, 9.17) is 0 Å². The molecule has 1 aliphatic rings.